The number of thioether (sulfide) groups is 1. The fraction of sp³-hybridized carbons (Fsp3) is 0.471. The Kier molecular flexibility index (Phi) is 5.64. The third kappa shape index (κ3) is 4.37. The summed E-state index contributed by atoms with van der Waals surface area (Å²) in [7, 11) is 0. The van der Waals surface area contributed by atoms with Crippen LogP contribution in [-0.2, 0) is 11.0 Å². The van der Waals surface area contributed by atoms with Crippen LogP contribution in [0.3, 0.4) is 0 Å². The highest BCUT2D eigenvalue weighted by atomic mass is 32.2. The first kappa shape index (κ1) is 19.5. The molecule has 0 aromatic heterocycles. The van der Waals surface area contributed by atoms with Crippen molar-refractivity contribution in [1.82, 2.24) is 10.2 Å². The number of hydrogen-bond donors (Lipinski definition) is 2. The molecule has 1 saturated heterocycles. The Balaban J connectivity index is 1.71. The standard InChI is InChI=1S/C17H18F3N3O3S/c18-17(19,20)10-5-1-2-6-11(10)21-15(25)22-12-7-3-4-8-13(12)23-14(24)9-27-16(23)26/h1-2,5-6,12-13H,3-4,7-9H2,(H2,21,22,25). The van der Waals surface area contributed by atoms with Crippen molar-refractivity contribution in [2.45, 2.75) is 43.9 Å². The maximum atomic E-state index is 13.1. The van der Waals surface area contributed by atoms with Crippen LogP contribution >= 0.6 is 11.8 Å². The minimum absolute atomic E-state index is 0.0766. The average Bonchev–Trinajstić information content (AvgIpc) is 2.93. The molecule has 6 nitrogen and oxygen atoms in total. The van der Waals surface area contributed by atoms with E-state index < -0.39 is 29.9 Å². The summed E-state index contributed by atoms with van der Waals surface area (Å²) >= 11 is 0.919. The zero-order chi connectivity index (χ0) is 19.6. The van der Waals surface area contributed by atoms with E-state index in [1.165, 1.54) is 23.1 Å². The number of amides is 4. The van der Waals surface area contributed by atoms with E-state index in [1.807, 2.05) is 0 Å². The normalized spacial score (nSPS) is 23.4. The van der Waals surface area contributed by atoms with Gasteiger partial charge >= 0.3 is 12.2 Å². The van der Waals surface area contributed by atoms with Crippen molar-refractivity contribution in [2.75, 3.05) is 11.1 Å². The maximum absolute atomic E-state index is 13.1. The molecule has 1 heterocycles. The van der Waals surface area contributed by atoms with E-state index in [4.69, 9.17) is 0 Å². The van der Waals surface area contributed by atoms with Crippen molar-refractivity contribution >= 4 is 34.6 Å². The summed E-state index contributed by atoms with van der Waals surface area (Å²) < 4.78 is 39.2. The van der Waals surface area contributed by atoms with E-state index in [9.17, 15) is 27.6 Å². The number of carbonyl (C=O) groups is 3. The summed E-state index contributed by atoms with van der Waals surface area (Å²) in [6.07, 6.45) is -1.89. The summed E-state index contributed by atoms with van der Waals surface area (Å²) in [5.74, 6) is -0.223. The van der Waals surface area contributed by atoms with Crippen molar-refractivity contribution < 1.29 is 27.6 Å². The lowest BCUT2D eigenvalue weighted by molar-refractivity contribution is -0.137. The first-order chi connectivity index (χ1) is 12.8. The monoisotopic (exact) mass is 401 g/mol. The van der Waals surface area contributed by atoms with Crippen LogP contribution in [0.4, 0.5) is 28.4 Å². The number of imide groups is 1. The van der Waals surface area contributed by atoms with Gasteiger partial charge in [0.2, 0.25) is 5.91 Å². The maximum Gasteiger partial charge on any atom is 0.418 e. The predicted molar refractivity (Wildman–Crippen MR) is 94.3 cm³/mol. The number of para-hydroxylation sites is 1. The van der Waals surface area contributed by atoms with Crippen molar-refractivity contribution in [3.63, 3.8) is 0 Å². The molecular weight excluding hydrogens is 383 g/mol. The Bertz CT molecular complexity index is 740. The van der Waals surface area contributed by atoms with Crippen LogP contribution in [0.15, 0.2) is 24.3 Å². The number of hydrogen-bond acceptors (Lipinski definition) is 4. The minimum Gasteiger partial charge on any atom is -0.333 e. The van der Waals surface area contributed by atoms with Gasteiger partial charge in [-0.05, 0) is 25.0 Å². The number of urea groups is 1. The molecule has 146 valence electrons. The second-order valence-corrected chi connectivity index (χ2v) is 7.35. The molecule has 4 amide bonds. The van der Waals surface area contributed by atoms with Gasteiger partial charge in [0.05, 0.1) is 29.1 Å². The molecule has 10 heteroatoms. The van der Waals surface area contributed by atoms with E-state index in [2.05, 4.69) is 10.6 Å². The molecule has 2 fully saturated rings. The van der Waals surface area contributed by atoms with E-state index in [0.29, 0.717) is 12.8 Å². The SMILES string of the molecule is O=C(Nc1ccccc1C(F)(F)F)NC1CCCCC1N1C(=O)CSC1=O. The summed E-state index contributed by atoms with van der Waals surface area (Å²) in [4.78, 5) is 37.4. The number of carbonyl (C=O) groups excluding carboxylic acids is 3. The summed E-state index contributed by atoms with van der Waals surface area (Å²) in [5, 5.41) is 4.53. The Morgan fingerprint density at radius 3 is 2.52 bits per heavy atom. The largest absolute Gasteiger partial charge is 0.418 e. The van der Waals surface area contributed by atoms with E-state index in [0.717, 1.165) is 30.7 Å². The molecule has 0 radical (unpaired) electrons. The number of nitrogens with one attached hydrogen (secondary N) is 2. The highest BCUT2D eigenvalue weighted by molar-refractivity contribution is 8.14. The van der Waals surface area contributed by atoms with Gasteiger partial charge in [-0.3, -0.25) is 14.5 Å². The van der Waals surface area contributed by atoms with Gasteiger partial charge in [0.15, 0.2) is 0 Å². The van der Waals surface area contributed by atoms with E-state index >= 15 is 0 Å². The molecule has 1 saturated carbocycles. The Hall–Kier alpha value is -2.23. The van der Waals surface area contributed by atoms with Crippen LogP contribution in [0.25, 0.3) is 0 Å². The molecule has 1 aliphatic carbocycles. The van der Waals surface area contributed by atoms with Gasteiger partial charge in [-0.1, -0.05) is 36.7 Å². The lowest BCUT2D eigenvalue weighted by Crippen LogP contribution is -2.55. The first-order valence-corrected chi connectivity index (χ1v) is 9.48. The van der Waals surface area contributed by atoms with Crippen LogP contribution in [0, 0.1) is 0 Å². The third-order valence-electron chi connectivity index (χ3n) is 4.64. The summed E-state index contributed by atoms with van der Waals surface area (Å²) in [5.41, 5.74) is -1.29. The number of anilines is 1. The molecule has 0 spiro atoms. The van der Waals surface area contributed by atoms with E-state index in [1.54, 1.807) is 0 Å². The van der Waals surface area contributed by atoms with Gasteiger partial charge in [-0.15, -0.1) is 0 Å². The Morgan fingerprint density at radius 2 is 1.85 bits per heavy atom. The van der Waals surface area contributed by atoms with Crippen molar-refractivity contribution in [3.8, 4) is 0 Å². The van der Waals surface area contributed by atoms with Crippen LogP contribution in [0.2, 0.25) is 0 Å². The molecule has 1 aromatic carbocycles. The van der Waals surface area contributed by atoms with Crippen LogP contribution in [-0.4, -0.2) is 39.9 Å². The molecule has 1 aliphatic heterocycles. The molecular formula is C17H18F3N3O3S. The molecule has 2 unspecified atom stereocenters. The van der Waals surface area contributed by atoms with Gasteiger partial charge in [0.25, 0.3) is 5.24 Å². The Morgan fingerprint density at radius 1 is 1.15 bits per heavy atom. The molecule has 1 aromatic rings. The van der Waals surface area contributed by atoms with Crippen LogP contribution in [0.5, 0.6) is 0 Å². The third-order valence-corrected chi connectivity index (χ3v) is 5.48. The topological polar surface area (TPSA) is 78.5 Å². The average molecular weight is 401 g/mol. The highest BCUT2D eigenvalue weighted by Crippen LogP contribution is 2.35. The fourth-order valence-electron chi connectivity index (χ4n) is 3.44. The smallest absolute Gasteiger partial charge is 0.333 e. The second-order valence-electron chi connectivity index (χ2n) is 6.42. The number of rotatable bonds is 3. The quantitative estimate of drug-likeness (QED) is 0.807. The molecule has 0 bridgehead atoms. The zero-order valence-corrected chi connectivity index (χ0v) is 15.0. The lowest BCUT2D eigenvalue weighted by Gasteiger charge is -2.36. The number of halogens is 3. The van der Waals surface area contributed by atoms with Gasteiger partial charge in [0, 0.05) is 0 Å². The van der Waals surface area contributed by atoms with Gasteiger partial charge in [0.1, 0.15) is 0 Å². The zero-order valence-electron chi connectivity index (χ0n) is 14.2. The summed E-state index contributed by atoms with van der Waals surface area (Å²) in [6, 6.07) is 2.93. The van der Waals surface area contributed by atoms with Gasteiger partial charge < -0.3 is 10.6 Å². The predicted octanol–water partition coefficient (Wildman–Crippen LogP) is 3.83. The van der Waals surface area contributed by atoms with Crippen molar-refractivity contribution in [1.29, 1.82) is 0 Å². The number of nitrogens with zero attached hydrogens (tertiary/aromatic N) is 1. The molecule has 3 rings (SSSR count). The minimum atomic E-state index is -4.59. The Labute approximate surface area is 157 Å². The number of alkyl halides is 3. The van der Waals surface area contributed by atoms with Gasteiger partial charge in [-0.25, -0.2) is 4.79 Å². The van der Waals surface area contributed by atoms with Crippen LogP contribution < -0.4 is 10.6 Å². The van der Waals surface area contributed by atoms with Crippen LogP contribution in [0.1, 0.15) is 31.2 Å². The van der Waals surface area contributed by atoms with E-state index in [-0.39, 0.29) is 22.6 Å². The molecule has 2 N–H and O–H groups in total. The first-order valence-electron chi connectivity index (χ1n) is 8.50. The van der Waals surface area contributed by atoms with Gasteiger partial charge in [-0.2, -0.15) is 13.2 Å². The summed E-state index contributed by atoms with van der Waals surface area (Å²) in [6.45, 7) is 0. The molecule has 2 aliphatic rings. The molecule has 2 atom stereocenters. The fourth-order valence-corrected chi connectivity index (χ4v) is 4.20. The highest BCUT2D eigenvalue weighted by Gasteiger charge is 2.41. The number of benzene rings is 1. The van der Waals surface area contributed by atoms with Crippen molar-refractivity contribution in [2.24, 2.45) is 0 Å². The lowest BCUT2D eigenvalue weighted by atomic mass is 9.89. The second kappa shape index (κ2) is 7.79. The van der Waals surface area contributed by atoms with Crippen molar-refractivity contribution in [3.05, 3.63) is 29.8 Å². The molecule has 27 heavy (non-hydrogen) atoms.